The molecule has 0 aliphatic heterocycles. The number of aryl methyl sites for hydroxylation is 1. The summed E-state index contributed by atoms with van der Waals surface area (Å²) >= 11 is 3.54. The minimum atomic E-state index is 0.256. The third-order valence-electron chi connectivity index (χ3n) is 3.76. The third kappa shape index (κ3) is 5.14. The number of anilines is 1. The van der Waals surface area contributed by atoms with Crippen molar-refractivity contribution >= 4 is 27.5 Å². The summed E-state index contributed by atoms with van der Waals surface area (Å²) in [7, 11) is 0. The van der Waals surface area contributed by atoms with Crippen molar-refractivity contribution in [2.24, 2.45) is 0 Å². The normalized spacial score (nSPS) is 11.0. The van der Waals surface area contributed by atoms with Crippen molar-refractivity contribution in [1.82, 2.24) is 0 Å². The van der Waals surface area contributed by atoms with Crippen LogP contribution in [0.5, 0.6) is 0 Å². The molecule has 1 amide bonds. The predicted molar refractivity (Wildman–Crippen MR) is 94.9 cm³/mol. The smallest absolute Gasteiger partial charge is 0.227 e. The highest BCUT2D eigenvalue weighted by Gasteiger charge is 2.23. The quantitative estimate of drug-likeness (QED) is 0.573. The summed E-state index contributed by atoms with van der Waals surface area (Å²) in [6.07, 6.45) is 5.87. The van der Waals surface area contributed by atoms with Crippen LogP contribution in [0.4, 0.5) is 5.69 Å². The van der Waals surface area contributed by atoms with Gasteiger partial charge in [0.1, 0.15) is 0 Å². The van der Waals surface area contributed by atoms with Crippen molar-refractivity contribution in [1.29, 1.82) is 0 Å². The van der Waals surface area contributed by atoms with E-state index >= 15 is 0 Å². The van der Waals surface area contributed by atoms with Crippen LogP contribution in [0.2, 0.25) is 0 Å². The third-order valence-corrected chi connectivity index (χ3v) is 4.65. The van der Waals surface area contributed by atoms with Crippen LogP contribution in [0, 0.1) is 6.92 Å². The van der Waals surface area contributed by atoms with Gasteiger partial charge < -0.3 is 4.90 Å². The highest BCUT2D eigenvalue weighted by Crippen LogP contribution is 2.28. The van der Waals surface area contributed by atoms with Crippen LogP contribution < -0.4 is 4.90 Å². The lowest BCUT2D eigenvalue weighted by molar-refractivity contribution is -0.119. The molecule has 2 nitrogen and oxygen atoms in total. The minimum Gasteiger partial charge on any atom is -0.309 e. The average Bonchev–Trinajstić information content (AvgIpc) is 2.44. The summed E-state index contributed by atoms with van der Waals surface area (Å²) in [5.74, 6) is 0.256. The van der Waals surface area contributed by atoms with Gasteiger partial charge in [-0.15, -0.1) is 0 Å². The lowest BCUT2D eigenvalue weighted by Gasteiger charge is -2.32. The molecule has 0 unspecified atom stereocenters. The minimum absolute atomic E-state index is 0.256. The number of amides is 1. The van der Waals surface area contributed by atoms with Crippen LogP contribution in [-0.4, -0.2) is 11.9 Å². The molecule has 21 heavy (non-hydrogen) atoms. The summed E-state index contributed by atoms with van der Waals surface area (Å²) in [5.41, 5.74) is 2.22. The molecule has 0 aliphatic carbocycles. The number of carbonyl (C=O) groups excluding carboxylic acids is 1. The van der Waals surface area contributed by atoms with E-state index in [1.165, 1.54) is 5.56 Å². The van der Waals surface area contributed by atoms with Crippen molar-refractivity contribution in [3.05, 3.63) is 28.2 Å². The monoisotopic (exact) mass is 353 g/mol. The molecule has 0 atom stereocenters. The molecule has 3 heteroatoms. The van der Waals surface area contributed by atoms with Gasteiger partial charge in [-0.2, -0.15) is 0 Å². The van der Waals surface area contributed by atoms with E-state index in [0.29, 0.717) is 12.5 Å². The molecule has 0 radical (unpaired) electrons. The molecule has 1 aromatic rings. The maximum atomic E-state index is 12.6. The molecular weight excluding hydrogens is 326 g/mol. The van der Waals surface area contributed by atoms with Gasteiger partial charge in [0.25, 0.3) is 0 Å². The molecule has 0 aliphatic rings. The maximum absolute atomic E-state index is 12.6. The maximum Gasteiger partial charge on any atom is 0.227 e. The molecule has 0 fully saturated rings. The fourth-order valence-corrected chi connectivity index (χ4v) is 2.99. The van der Waals surface area contributed by atoms with Crippen molar-refractivity contribution in [3.63, 3.8) is 0 Å². The Morgan fingerprint density at radius 1 is 1.14 bits per heavy atom. The van der Waals surface area contributed by atoms with Gasteiger partial charge >= 0.3 is 0 Å². The standard InChI is InChI=1S/C18H28BrNO/c1-5-8-15(9-6-2)20(18(21)10-7-3)16-11-12-17(19)14(4)13-16/h11-13,15H,5-10H2,1-4H3. The predicted octanol–water partition coefficient (Wildman–Crippen LogP) is 5.86. The van der Waals surface area contributed by atoms with E-state index in [1.807, 2.05) is 6.07 Å². The first-order chi connectivity index (χ1) is 10.0. The van der Waals surface area contributed by atoms with E-state index in [-0.39, 0.29) is 5.91 Å². The summed E-state index contributed by atoms with van der Waals surface area (Å²) in [6.45, 7) is 8.53. The van der Waals surface area contributed by atoms with Crippen LogP contribution in [0.15, 0.2) is 22.7 Å². The molecule has 0 saturated heterocycles. The summed E-state index contributed by atoms with van der Waals surface area (Å²) in [6, 6.07) is 6.55. The molecule has 0 bridgehead atoms. The lowest BCUT2D eigenvalue weighted by Crippen LogP contribution is -2.40. The number of carbonyl (C=O) groups is 1. The molecule has 0 heterocycles. The van der Waals surface area contributed by atoms with Gasteiger partial charge in [-0.3, -0.25) is 4.79 Å². The van der Waals surface area contributed by atoms with E-state index < -0.39 is 0 Å². The van der Waals surface area contributed by atoms with Gasteiger partial charge in [0.2, 0.25) is 5.91 Å². The van der Waals surface area contributed by atoms with Crippen LogP contribution in [0.1, 0.15) is 64.9 Å². The first-order valence-electron chi connectivity index (χ1n) is 8.13. The topological polar surface area (TPSA) is 20.3 Å². The molecule has 0 spiro atoms. The number of nitrogens with zero attached hydrogens (tertiary/aromatic N) is 1. The molecule has 0 aromatic heterocycles. The van der Waals surface area contributed by atoms with Crippen molar-refractivity contribution in [2.75, 3.05) is 4.90 Å². The first-order valence-corrected chi connectivity index (χ1v) is 8.92. The summed E-state index contributed by atoms with van der Waals surface area (Å²) in [5, 5.41) is 0. The van der Waals surface area contributed by atoms with Crippen LogP contribution >= 0.6 is 15.9 Å². The van der Waals surface area contributed by atoms with Crippen LogP contribution in [0.3, 0.4) is 0 Å². The second kappa shape index (κ2) is 9.24. The van der Waals surface area contributed by atoms with Crippen molar-refractivity contribution in [3.8, 4) is 0 Å². The van der Waals surface area contributed by atoms with Gasteiger partial charge in [-0.05, 0) is 49.9 Å². The van der Waals surface area contributed by atoms with E-state index in [0.717, 1.165) is 42.3 Å². The highest BCUT2D eigenvalue weighted by atomic mass is 79.9. The molecule has 0 N–H and O–H groups in total. The number of rotatable bonds is 8. The Morgan fingerprint density at radius 3 is 2.24 bits per heavy atom. The zero-order valence-electron chi connectivity index (χ0n) is 13.8. The Kier molecular flexibility index (Phi) is 8.02. The zero-order valence-corrected chi connectivity index (χ0v) is 15.4. The number of halogens is 1. The molecule has 1 rings (SSSR count). The van der Waals surface area contributed by atoms with Gasteiger partial charge in [0.15, 0.2) is 0 Å². The molecule has 1 aromatic carbocycles. The number of hydrogen-bond donors (Lipinski definition) is 0. The van der Waals surface area contributed by atoms with E-state index in [2.05, 4.69) is 60.7 Å². The second-order valence-electron chi connectivity index (χ2n) is 5.68. The fraction of sp³-hybridized carbons (Fsp3) is 0.611. The Balaban J connectivity index is 3.15. The van der Waals surface area contributed by atoms with Crippen molar-refractivity contribution in [2.45, 2.75) is 72.3 Å². The van der Waals surface area contributed by atoms with Crippen LogP contribution in [-0.2, 0) is 4.79 Å². The van der Waals surface area contributed by atoms with Gasteiger partial charge in [-0.1, -0.05) is 49.5 Å². The van der Waals surface area contributed by atoms with E-state index in [4.69, 9.17) is 0 Å². The number of benzene rings is 1. The SMILES string of the molecule is CCCC(=O)N(c1ccc(Br)c(C)c1)C(CCC)CCC. The lowest BCUT2D eigenvalue weighted by atomic mass is 10.0. The Morgan fingerprint density at radius 2 is 1.76 bits per heavy atom. The van der Waals surface area contributed by atoms with E-state index in [9.17, 15) is 4.79 Å². The van der Waals surface area contributed by atoms with Gasteiger partial charge in [0, 0.05) is 22.6 Å². The van der Waals surface area contributed by atoms with Gasteiger partial charge in [-0.25, -0.2) is 0 Å². The van der Waals surface area contributed by atoms with E-state index in [1.54, 1.807) is 0 Å². The molecule has 0 saturated carbocycles. The first kappa shape index (κ1) is 18.2. The fourth-order valence-electron chi connectivity index (χ4n) is 2.74. The summed E-state index contributed by atoms with van der Waals surface area (Å²) in [4.78, 5) is 14.7. The molecule has 118 valence electrons. The second-order valence-corrected chi connectivity index (χ2v) is 6.53. The highest BCUT2D eigenvalue weighted by molar-refractivity contribution is 9.10. The molecular formula is C18H28BrNO. The van der Waals surface area contributed by atoms with Crippen molar-refractivity contribution < 1.29 is 4.79 Å². The Labute approximate surface area is 138 Å². The summed E-state index contributed by atoms with van der Waals surface area (Å²) < 4.78 is 1.09. The van der Waals surface area contributed by atoms with Gasteiger partial charge in [0.05, 0.1) is 0 Å². The Bertz CT molecular complexity index is 453. The largest absolute Gasteiger partial charge is 0.309 e. The Hall–Kier alpha value is -0.830. The average molecular weight is 354 g/mol. The van der Waals surface area contributed by atoms with Crippen LogP contribution in [0.25, 0.3) is 0 Å². The zero-order chi connectivity index (χ0) is 15.8. The number of hydrogen-bond acceptors (Lipinski definition) is 1.